The van der Waals surface area contributed by atoms with Gasteiger partial charge in [-0.1, -0.05) is 13.0 Å². The Labute approximate surface area is 127 Å². The van der Waals surface area contributed by atoms with Gasteiger partial charge in [0.2, 0.25) is 0 Å². The van der Waals surface area contributed by atoms with Gasteiger partial charge in [-0.15, -0.1) is 22.0 Å². The first-order valence-corrected chi connectivity index (χ1v) is 7.77. The van der Waals surface area contributed by atoms with Crippen LogP contribution in [0.5, 0.6) is 0 Å². The van der Waals surface area contributed by atoms with Crippen molar-refractivity contribution in [1.82, 2.24) is 24.6 Å². The summed E-state index contributed by atoms with van der Waals surface area (Å²) in [6.45, 7) is 4.13. The van der Waals surface area contributed by atoms with Crippen molar-refractivity contribution >= 4 is 23.2 Å². The second-order valence-electron chi connectivity index (χ2n) is 4.53. The molecule has 0 aromatic carbocycles. The average molecular weight is 300 g/mol. The van der Waals surface area contributed by atoms with Crippen molar-refractivity contribution in [3.8, 4) is 0 Å². The Morgan fingerprint density at radius 1 is 1.29 bits per heavy atom. The molecular weight excluding hydrogens is 284 g/mol. The van der Waals surface area contributed by atoms with Gasteiger partial charge >= 0.3 is 0 Å². The van der Waals surface area contributed by atoms with Crippen molar-refractivity contribution in [2.75, 3.05) is 11.1 Å². The summed E-state index contributed by atoms with van der Waals surface area (Å²) in [7, 11) is 0. The van der Waals surface area contributed by atoms with Gasteiger partial charge in [-0.2, -0.15) is 0 Å². The van der Waals surface area contributed by atoms with E-state index in [4.69, 9.17) is 0 Å². The molecule has 0 saturated carbocycles. The van der Waals surface area contributed by atoms with E-state index in [1.165, 1.54) is 0 Å². The number of rotatable bonds is 5. The Hall–Kier alpha value is -2.15. The summed E-state index contributed by atoms with van der Waals surface area (Å²) in [5.41, 5.74) is 0.836. The van der Waals surface area contributed by atoms with Crippen molar-refractivity contribution in [3.63, 3.8) is 0 Å². The van der Waals surface area contributed by atoms with Crippen molar-refractivity contribution in [1.29, 1.82) is 0 Å². The number of thioether (sulfide) groups is 1. The molecule has 7 heteroatoms. The fourth-order valence-corrected chi connectivity index (χ4v) is 2.67. The third kappa shape index (κ3) is 2.97. The average Bonchev–Trinajstić information content (AvgIpc) is 2.92. The Bertz CT molecular complexity index is 741. The Balaban J connectivity index is 1.82. The van der Waals surface area contributed by atoms with Gasteiger partial charge in [0.15, 0.2) is 11.5 Å². The zero-order valence-electron chi connectivity index (χ0n) is 11.9. The predicted molar refractivity (Wildman–Crippen MR) is 83.5 cm³/mol. The minimum atomic E-state index is -0.0152. The van der Waals surface area contributed by atoms with Crippen LogP contribution in [0.25, 0.3) is 5.65 Å². The van der Waals surface area contributed by atoms with Crippen LogP contribution in [-0.2, 0) is 0 Å². The van der Waals surface area contributed by atoms with Crippen molar-refractivity contribution in [3.05, 3.63) is 42.6 Å². The van der Waals surface area contributed by atoms with Gasteiger partial charge in [0, 0.05) is 6.20 Å². The summed E-state index contributed by atoms with van der Waals surface area (Å²) >= 11 is 1.67. The van der Waals surface area contributed by atoms with Crippen LogP contribution in [0.3, 0.4) is 0 Å². The normalized spacial score (nSPS) is 12.5. The quantitative estimate of drug-likeness (QED) is 0.731. The summed E-state index contributed by atoms with van der Waals surface area (Å²) in [6.07, 6.45) is 5.45. The first kappa shape index (κ1) is 13.8. The molecule has 0 unspecified atom stereocenters. The molecule has 1 atom stereocenters. The molecule has 0 aliphatic heterocycles. The smallest absolute Gasteiger partial charge is 0.160 e. The van der Waals surface area contributed by atoms with Crippen LogP contribution >= 0.6 is 11.8 Å². The van der Waals surface area contributed by atoms with Gasteiger partial charge in [0.1, 0.15) is 10.8 Å². The molecule has 0 aliphatic carbocycles. The summed E-state index contributed by atoms with van der Waals surface area (Å²) < 4.78 is 1.97. The van der Waals surface area contributed by atoms with Crippen LogP contribution in [-0.4, -0.2) is 30.3 Å². The highest BCUT2D eigenvalue weighted by Gasteiger charge is 2.13. The van der Waals surface area contributed by atoms with Crippen LogP contribution in [0, 0.1) is 0 Å². The minimum Gasteiger partial charge on any atom is -0.359 e. The highest BCUT2D eigenvalue weighted by molar-refractivity contribution is 7.99. The molecule has 3 aromatic heterocycles. The summed E-state index contributed by atoms with van der Waals surface area (Å²) in [5, 5.41) is 12.7. The zero-order chi connectivity index (χ0) is 14.7. The van der Waals surface area contributed by atoms with Gasteiger partial charge in [-0.3, -0.25) is 9.38 Å². The maximum atomic E-state index is 4.52. The first-order valence-electron chi connectivity index (χ1n) is 6.79. The lowest BCUT2D eigenvalue weighted by atomic mass is 10.3. The number of pyridine rings is 1. The molecule has 1 N–H and O–H groups in total. The van der Waals surface area contributed by atoms with E-state index in [9.17, 15) is 0 Å². The zero-order valence-corrected chi connectivity index (χ0v) is 12.7. The van der Waals surface area contributed by atoms with Crippen molar-refractivity contribution < 1.29 is 0 Å². The van der Waals surface area contributed by atoms with E-state index >= 15 is 0 Å². The molecule has 3 heterocycles. The molecule has 21 heavy (non-hydrogen) atoms. The lowest BCUT2D eigenvalue weighted by Crippen LogP contribution is -2.12. The summed E-state index contributed by atoms with van der Waals surface area (Å²) in [4.78, 5) is 8.74. The van der Waals surface area contributed by atoms with E-state index in [-0.39, 0.29) is 6.04 Å². The van der Waals surface area contributed by atoms with Crippen LogP contribution in [0.4, 0.5) is 5.82 Å². The lowest BCUT2D eigenvalue weighted by Gasteiger charge is -2.13. The van der Waals surface area contributed by atoms with Crippen LogP contribution in [0.15, 0.2) is 41.8 Å². The first-order chi connectivity index (χ1) is 10.3. The van der Waals surface area contributed by atoms with E-state index in [1.54, 1.807) is 24.2 Å². The molecule has 3 rings (SSSR count). The number of hydrogen-bond acceptors (Lipinski definition) is 6. The van der Waals surface area contributed by atoms with E-state index in [1.807, 2.05) is 35.7 Å². The number of anilines is 1. The number of nitrogens with one attached hydrogen (secondary N) is 1. The maximum Gasteiger partial charge on any atom is 0.160 e. The van der Waals surface area contributed by atoms with Crippen LogP contribution in [0.1, 0.15) is 25.7 Å². The molecular formula is C14H16N6S. The Morgan fingerprint density at radius 3 is 3.05 bits per heavy atom. The summed E-state index contributed by atoms with van der Waals surface area (Å²) in [6, 6.07) is 5.83. The van der Waals surface area contributed by atoms with Crippen molar-refractivity contribution in [2.45, 2.75) is 24.9 Å². The molecule has 0 spiro atoms. The molecule has 0 radical (unpaired) electrons. The van der Waals surface area contributed by atoms with Gasteiger partial charge < -0.3 is 5.32 Å². The van der Waals surface area contributed by atoms with Gasteiger partial charge in [-0.05, 0) is 24.8 Å². The Kier molecular flexibility index (Phi) is 4.01. The number of fused-ring (bicyclic) bond motifs is 1. The second-order valence-corrected chi connectivity index (χ2v) is 5.81. The van der Waals surface area contributed by atoms with Crippen LogP contribution < -0.4 is 5.32 Å². The second kappa shape index (κ2) is 6.09. The fourth-order valence-electron chi connectivity index (χ4n) is 2.08. The van der Waals surface area contributed by atoms with Gasteiger partial charge in [-0.25, -0.2) is 4.98 Å². The highest BCUT2D eigenvalue weighted by atomic mass is 32.2. The third-order valence-electron chi connectivity index (χ3n) is 3.00. The molecule has 0 saturated heterocycles. The monoisotopic (exact) mass is 300 g/mol. The highest BCUT2D eigenvalue weighted by Crippen LogP contribution is 2.19. The predicted octanol–water partition coefficient (Wildman–Crippen LogP) is 2.80. The van der Waals surface area contributed by atoms with Crippen molar-refractivity contribution in [2.24, 2.45) is 0 Å². The molecule has 3 aromatic rings. The molecule has 0 bridgehead atoms. The molecule has 0 fully saturated rings. The SMILES string of the molecule is CCSc1cncc(N[C@@H](C)c2nnc3ccccn23)n1. The van der Waals surface area contributed by atoms with E-state index in [0.717, 1.165) is 28.1 Å². The molecule has 0 aliphatic rings. The summed E-state index contributed by atoms with van der Waals surface area (Å²) in [5.74, 6) is 2.57. The van der Waals surface area contributed by atoms with Gasteiger partial charge in [0.25, 0.3) is 0 Å². The van der Waals surface area contributed by atoms with E-state index in [0.29, 0.717) is 0 Å². The number of hydrogen-bond donors (Lipinski definition) is 1. The lowest BCUT2D eigenvalue weighted by molar-refractivity contribution is 0.764. The molecule has 0 amide bonds. The van der Waals surface area contributed by atoms with Gasteiger partial charge in [0.05, 0.1) is 18.4 Å². The Morgan fingerprint density at radius 2 is 2.19 bits per heavy atom. The molecule has 6 nitrogen and oxygen atoms in total. The van der Waals surface area contributed by atoms with E-state index in [2.05, 4.69) is 32.4 Å². The topological polar surface area (TPSA) is 68.0 Å². The van der Waals surface area contributed by atoms with Crippen LogP contribution in [0.2, 0.25) is 0 Å². The largest absolute Gasteiger partial charge is 0.359 e. The molecule has 108 valence electrons. The minimum absolute atomic E-state index is 0.0152. The number of aromatic nitrogens is 5. The fraction of sp³-hybridized carbons (Fsp3) is 0.286. The maximum absolute atomic E-state index is 4.52. The third-order valence-corrected chi connectivity index (χ3v) is 3.78. The standard InChI is InChI=1S/C14H16N6S/c1-3-21-13-9-15-8-11(17-13)16-10(2)14-19-18-12-6-4-5-7-20(12)14/h4-10H,3H2,1-2H3,(H,16,17)/t10-/m0/s1. The van der Waals surface area contributed by atoms with E-state index < -0.39 is 0 Å². The number of nitrogens with zero attached hydrogens (tertiary/aromatic N) is 5.